The second-order valence-electron chi connectivity index (χ2n) is 3.85. The third-order valence-corrected chi connectivity index (χ3v) is 2.65. The Hall–Kier alpha value is -2.10. The number of halogens is 1. The molecule has 1 heterocycles. The Bertz CT molecular complexity index is 570. The van der Waals surface area contributed by atoms with Crippen molar-refractivity contribution in [2.24, 2.45) is 0 Å². The predicted molar refractivity (Wildman–Crippen MR) is 67.5 cm³/mol. The summed E-state index contributed by atoms with van der Waals surface area (Å²) in [5, 5.41) is 0. The summed E-state index contributed by atoms with van der Waals surface area (Å²) in [6, 6.07) is 8.23. The summed E-state index contributed by atoms with van der Waals surface area (Å²) < 4.78 is 24.2. The van der Waals surface area contributed by atoms with Crippen molar-refractivity contribution >= 4 is 0 Å². The molecular formula is C14H14FNO2. The van der Waals surface area contributed by atoms with Gasteiger partial charge in [-0.25, -0.2) is 9.37 Å². The minimum absolute atomic E-state index is 0.287. The number of hydrogen-bond donors (Lipinski definition) is 0. The van der Waals surface area contributed by atoms with Crippen LogP contribution in [-0.4, -0.2) is 19.2 Å². The van der Waals surface area contributed by atoms with Crippen molar-refractivity contribution in [1.82, 2.24) is 4.98 Å². The van der Waals surface area contributed by atoms with Gasteiger partial charge in [0.1, 0.15) is 23.0 Å². The molecule has 0 aliphatic heterocycles. The number of rotatable bonds is 3. The van der Waals surface area contributed by atoms with Gasteiger partial charge >= 0.3 is 0 Å². The van der Waals surface area contributed by atoms with E-state index in [1.807, 2.05) is 6.92 Å². The monoisotopic (exact) mass is 247 g/mol. The molecule has 3 nitrogen and oxygen atoms in total. The van der Waals surface area contributed by atoms with Crippen LogP contribution in [0.4, 0.5) is 4.39 Å². The van der Waals surface area contributed by atoms with Crippen molar-refractivity contribution in [2.75, 3.05) is 14.2 Å². The van der Waals surface area contributed by atoms with Crippen molar-refractivity contribution in [3.63, 3.8) is 0 Å². The fraction of sp³-hybridized carbons (Fsp3) is 0.214. The third kappa shape index (κ3) is 2.27. The highest BCUT2D eigenvalue weighted by molar-refractivity contribution is 5.69. The Labute approximate surface area is 105 Å². The Balaban J connectivity index is 2.59. The number of hydrogen-bond acceptors (Lipinski definition) is 3. The standard InChI is InChI=1S/C14H14FNO2/c1-9-4-7-12(15)14(16-9)11-6-5-10(17-2)8-13(11)18-3/h4-8H,1-3H3. The average molecular weight is 247 g/mol. The number of aryl methyl sites for hydroxylation is 1. The van der Waals surface area contributed by atoms with E-state index in [2.05, 4.69) is 4.98 Å². The molecule has 0 fully saturated rings. The van der Waals surface area contributed by atoms with Crippen LogP contribution in [-0.2, 0) is 0 Å². The van der Waals surface area contributed by atoms with Crippen molar-refractivity contribution in [3.8, 4) is 22.8 Å². The van der Waals surface area contributed by atoms with E-state index in [0.717, 1.165) is 5.69 Å². The fourth-order valence-electron chi connectivity index (χ4n) is 1.72. The summed E-state index contributed by atoms with van der Waals surface area (Å²) >= 11 is 0. The van der Waals surface area contributed by atoms with E-state index in [1.165, 1.54) is 13.2 Å². The van der Waals surface area contributed by atoms with E-state index >= 15 is 0 Å². The summed E-state index contributed by atoms with van der Waals surface area (Å²) in [5.74, 6) is 0.819. The van der Waals surface area contributed by atoms with Gasteiger partial charge < -0.3 is 9.47 Å². The lowest BCUT2D eigenvalue weighted by molar-refractivity contribution is 0.395. The zero-order valence-electron chi connectivity index (χ0n) is 10.5. The molecule has 18 heavy (non-hydrogen) atoms. The summed E-state index contributed by atoms with van der Waals surface area (Å²) in [6.45, 7) is 1.82. The van der Waals surface area contributed by atoms with Gasteiger partial charge in [-0.2, -0.15) is 0 Å². The molecule has 0 unspecified atom stereocenters. The second kappa shape index (κ2) is 5.04. The maximum Gasteiger partial charge on any atom is 0.149 e. The van der Waals surface area contributed by atoms with Gasteiger partial charge in [0.15, 0.2) is 0 Å². The largest absolute Gasteiger partial charge is 0.497 e. The second-order valence-corrected chi connectivity index (χ2v) is 3.85. The van der Waals surface area contributed by atoms with Crippen molar-refractivity contribution in [2.45, 2.75) is 6.92 Å². The van der Waals surface area contributed by atoms with Crippen LogP contribution in [0.5, 0.6) is 11.5 Å². The minimum Gasteiger partial charge on any atom is -0.497 e. The van der Waals surface area contributed by atoms with Gasteiger partial charge in [-0.15, -0.1) is 0 Å². The number of ether oxygens (including phenoxy) is 2. The molecule has 0 atom stereocenters. The molecule has 1 aromatic carbocycles. The summed E-state index contributed by atoms with van der Waals surface area (Å²) in [7, 11) is 3.10. The van der Waals surface area contributed by atoms with Gasteiger partial charge in [0.05, 0.1) is 14.2 Å². The Morgan fingerprint density at radius 1 is 1.06 bits per heavy atom. The zero-order valence-corrected chi connectivity index (χ0v) is 10.5. The lowest BCUT2D eigenvalue weighted by Crippen LogP contribution is -1.95. The number of nitrogens with zero attached hydrogens (tertiary/aromatic N) is 1. The molecule has 2 aromatic rings. The molecule has 0 N–H and O–H groups in total. The van der Waals surface area contributed by atoms with Crippen LogP contribution in [0.15, 0.2) is 30.3 Å². The minimum atomic E-state index is -0.371. The number of benzene rings is 1. The molecule has 0 aliphatic rings. The van der Waals surface area contributed by atoms with Crippen LogP contribution >= 0.6 is 0 Å². The molecule has 0 radical (unpaired) electrons. The lowest BCUT2D eigenvalue weighted by atomic mass is 10.1. The van der Waals surface area contributed by atoms with E-state index in [-0.39, 0.29) is 11.5 Å². The summed E-state index contributed by atoms with van der Waals surface area (Å²) in [6.07, 6.45) is 0. The third-order valence-electron chi connectivity index (χ3n) is 2.65. The first kappa shape index (κ1) is 12.4. The molecule has 0 bridgehead atoms. The van der Waals surface area contributed by atoms with Crippen LogP contribution in [0.25, 0.3) is 11.3 Å². The Morgan fingerprint density at radius 3 is 2.50 bits per heavy atom. The fourth-order valence-corrected chi connectivity index (χ4v) is 1.72. The first-order valence-corrected chi connectivity index (χ1v) is 5.51. The average Bonchev–Trinajstić information content (AvgIpc) is 2.41. The van der Waals surface area contributed by atoms with E-state index in [0.29, 0.717) is 17.1 Å². The number of pyridine rings is 1. The molecule has 4 heteroatoms. The smallest absolute Gasteiger partial charge is 0.149 e. The topological polar surface area (TPSA) is 31.4 Å². The molecule has 0 saturated heterocycles. The van der Waals surface area contributed by atoms with Crippen molar-refractivity contribution in [3.05, 3.63) is 41.8 Å². The van der Waals surface area contributed by atoms with Crippen LogP contribution in [0.3, 0.4) is 0 Å². The molecule has 0 spiro atoms. The maximum atomic E-state index is 13.8. The van der Waals surface area contributed by atoms with Crippen LogP contribution in [0.2, 0.25) is 0 Å². The van der Waals surface area contributed by atoms with E-state index in [4.69, 9.17) is 9.47 Å². The highest BCUT2D eigenvalue weighted by atomic mass is 19.1. The SMILES string of the molecule is COc1ccc(-c2nc(C)ccc2F)c(OC)c1. The molecule has 0 amide bonds. The molecule has 94 valence electrons. The Kier molecular flexibility index (Phi) is 3.46. The van der Waals surface area contributed by atoms with Gasteiger partial charge in [0.2, 0.25) is 0 Å². The molecule has 0 aliphatic carbocycles. The number of aromatic nitrogens is 1. The first-order chi connectivity index (χ1) is 8.65. The summed E-state index contributed by atoms with van der Waals surface area (Å²) in [4.78, 5) is 4.21. The Morgan fingerprint density at radius 2 is 1.83 bits per heavy atom. The van der Waals surface area contributed by atoms with Gasteiger partial charge in [0, 0.05) is 17.3 Å². The normalized spacial score (nSPS) is 10.2. The molecular weight excluding hydrogens is 233 g/mol. The van der Waals surface area contributed by atoms with Crippen LogP contribution < -0.4 is 9.47 Å². The van der Waals surface area contributed by atoms with Gasteiger partial charge in [-0.1, -0.05) is 0 Å². The van der Waals surface area contributed by atoms with Crippen molar-refractivity contribution < 1.29 is 13.9 Å². The highest BCUT2D eigenvalue weighted by Crippen LogP contribution is 2.33. The maximum absolute atomic E-state index is 13.8. The van der Waals surface area contributed by atoms with Crippen LogP contribution in [0.1, 0.15) is 5.69 Å². The molecule has 1 aromatic heterocycles. The van der Waals surface area contributed by atoms with Gasteiger partial charge in [0.25, 0.3) is 0 Å². The quantitative estimate of drug-likeness (QED) is 0.834. The van der Waals surface area contributed by atoms with Crippen molar-refractivity contribution in [1.29, 1.82) is 0 Å². The van der Waals surface area contributed by atoms with E-state index in [9.17, 15) is 4.39 Å². The lowest BCUT2D eigenvalue weighted by Gasteiger charge is -2.11. The summed E-state index contributed by atoms with van der Waals surface area (Å²) in [5.41, 5.74) is 1.65. The molecule has 0 saturated carbocycles. The molecule has 2 rings (SSSR count). The van der Waals surface area contributed by atoms with E-state index < -0.39 is 0 Å². The van der Waals surface area contributed by atoms with Crippen LogP contribution in [0, 0.1) is 12.7 Å². The predicted octanol–water partition coefficient (Wildman–Crippen LogP) is 3.21. The van der Waals surface area contributed by atoms with Gasteiger partial charge in [-0.05, 0) is 31.2 Å². The zero-order chi connectivity index (χ0) is 13.1. The number of methoxy groups -OCH3 is 2. The van der Waals surface area contributed by atoms with Gasteiger partial charge in [-0.3, -0.25) is 0 Å². The van der Waals surface area contributed by atoms with E-state index in [1.54, 1.807) is 31.4 Å². The highest BCUT2D eigenvalue weighted by Gasteiger charge is 2.13. The first-order valence-electron chi connectivity index (χ1n) is 5.51.